The third kappa shape index (κ3) is 10.5. The van der Waals surface area contributed by atoms with Crippen molar-refractivity contribution in [3.63, 3.8) is 0 Å². The predicted molar refractivity (Wildman–Crippen MR) is 268 cm³/mol. The molecule has 0 radical (unpaired) electrons. The zero-order chi connectivity index (χ0) is 50.0. The predicted octanol–water partition coefficient (Wildman–Crippen LogP) is 10.0. The Balaban J connectivity index is 0.000000164. The second-order valence-electron chi connectivity index (χ2n) is 15.5. The van der Waals surface area contributed by atoms with Crippen molar-refractivity contribution in [2.24, 2.45) is 5.73 Å². The number of fused-ring (bicyclic) bond motifs is 2. The fraction of sp³-hybridized carbons (Fsp3) is 0.0769. The summed E-state index contributed by atoms with van der Waals surface area (Å²) in [6, 6.07) is 34.6. The quantitative estimate of drug-likeness (QED) is 0.103. The van der Waals surface area contributed by atoms with Gasteiger partial charge in [-0.3, -0.25) is 24.9 Å². The highest BCUT2D eigenvalue weighted by molar-refractivity contribution is 6.30. The minimum absolute atomic E-state index is 0.0817. The number of hydrogen-bond acceptors (Lipinski definition) is 16. The lowest BCUT2D eigenvalue weighted by molar-refractivity contribution is 0.629. The first-order valence-corrected chi connectivity index (χ1v) is 22.0. The van der Waals surface area contributed by atoms with Crippen LogP contribution in [-0.2, 0) is 0 Å². The van der Waals surface area contributed by atoms with Crippen LogP contribution >= 0.6 is 11.6 Å². The van der Waals surface area contributed by atoms with E-state index in [1.807, 2.05) is 92.7 Å². The Kier molecular flexibility index (Phi) is 14.6. The molecule has 0 bridgehead atoms. The van der Waals surface area contributed by atoms with Gasteiger partial charge in [0.25, 0.3) is 0 Å². The molecule has 0 aliphatic rings. The van der Waals surface area contributed by atoms with Crippen LogP contribution in [0.5, 0.6) is 0 Å². The normalized spacial score (nSPS) is 11.5. The van der Waals surface area contributed by atoms with Crippen molar-refractivity contribution >= 4 is 50.9 Å². The molecular formula is C52H39ClF2N16. The van der Waals surface area contributed by atoms with Crippen LogP contribution in [0.2, 0.25) is 5.15 Å². The van der Waals surface area contributed by atoms with Gasteiger partial charge in [0, 0.05) is 63.9 Å². The van der Waals surface area contributed by atoms with E-state index in [2.05, 4.69) is 45.2 Å². The Hall–Kier alpha value is -9.49. The molecule has 16 nitrogen and oxygen atoms in total. The molecule has 7 N–H and O–H groups in total. The van der Waals surface area contributed by atoms with Crippen molar-refractivity contribution in [1.29, 1.82) is 10.5 Å². The summed E-state index contributed by atoms with van der Waals surface area (Å²) in [6.07, 6.45) is 9.31. The van der Waals surface area contributed by atoms with Gasteiger partial charge < -0.3 is 22.5 Å². The smallest absolute Gasteiger partial charge is 0.152 e. The molecule has 2 aromatic carbocycles. The minimum Gasteiger partial charge on any atom is -0.382 e. The molecule has 0 spiro atoms. The first kappa shape index (κ1) is 48.0. The number of hydrogen-bond donors (Lipinski definition) is 4. The lowest BCUT2D eigenvalue weighted by atomic mass is 9.92. The molecule has 2 unspecified atom stereocenters. The molecule has 0 amide bonds. The molecule has 0 fully saturated rings. The Labute approximate surface area is 410 Å². The second kappa shape index (κ2) is 21.6. The molecule has 0 aliphatic carbocycles. The lowest BCUT2D eigenvalue weighted by Crippen LogP contribution is -2.14. The zero-order valence-electron chi connectivity index (χ0n) is 37.7. The number of nitrogens with one attached hydrogen (secondary N) is 1. The largest absolute Gasteiger partial charge is 0.382 e. The van der Waals surface area contributed by atoms with Gasteiger partial charge in [-0.05, 0) is 98.8 Å². The molecule has 8 heterocycles. The molecule has 2 atom stereocenters. The van der Waals surface area contributed by atoms with E-state index in [9.17, 15) is 14.0 Å². The number of rotatable bonds is 8. The van der Waals surface area contributed by atoms with E-state index in [0.717, 1.165) is 22.5 Å². The number of nitrogens with zero attached hydrogens (tertiary/aromatic N) is 12. The Morgan fingerprint density at radius 3 is 1.37 bits per heavy atom. The highest BCUT2D eigenvalue weighted by Gasteiger charge is 2.26. The summed E-state index contributed by atoms with van der Waals surface area (Å²) >= 11 is 5.48. The SMILES string of the molecule is CC(N)c1nc2ccc(F)cc2c(-c2ccccn2)c1-c1ccccn1.CC(Nc1ncnc(N)c1C#N)c1nc2ccc(F)cc2c(-c2ccccn2)c1-c1ccccn1.N#Cc1c(N)ncnc1Cl. The number of pyridine rings is 6. The van der Waals surface area contributed by atoms with Crippen LogP contribution in [0.3, 0.4) is 0 Å². The average Bonchev–Trinajstić information content (AvgIpc) is 3.39. The third-order valence-corrected chi connectivity index (χ3v) is 11.0. The van der Waals surface area contributed by atoms with E-state index < -0.39 is 6.04 Å². The van der Waals surface area contributed by atoms with Gasteiger partial charge in [-0.1, -0.05) is 35.9 Å². The van der Waals surface area contributed by atoms with Crippen molar-refractivity contribution in [3.8, 4) is 57.2 Å². The second-order valence-corrected chi connectivity index (χ2v) is 15.8. The summed E-state index contributed by atoms with van der Waals surface area (Å²) in [7, 11) is 0. The molecule has 10 rings (SSSR count). The van der Waals surface area contributed by atoms with Gasteiger partial charge in [-0.2, -0.15) is 10.5 Å². The molecular weight excluding hydrogens is 922 g/mol. The summed E-state index contributed by atoms with van der Waals surface area (Å²) in [5.74, 6) is -0.213. The molecule has 0 aliphatic heterocycles. The summed E-state index contributed by atoms with van der Waals surface area (Å²) in [4.78, 5) is 43.0. The summed E-state index contributed by atoms with van der Waals surface area (Å²) < 4.78 is 28.4. The molecule has 71 heavy (non-hydrogen) atoms. The summed E-state index contributed by atoms with van der Waals surface area (Å²) in [5, 5.41) is 22.6. The van der Waals surface area contributed by atoms with Gasteiger partial charge in [-0.25, -0.2) is 33.7 Å². The number of nitrogen functional groups attached to an aromatic ring is 2. The first-order chi connectivity index (χ1) is 34.5. The molecule has 0 saturated carbocycles. The monoisotopic (exact) mass is 960 g/mol. The van der Waals surface area contributed by atoms with Crippen LogP contribution in [0, 0.1) is 34.3 Å². The molecule has 19 heteroatoms. The van der Waals surface area contributed by atoms with Gasteiger partial charge in [0.05, 0.1) is 51.2 Å². The van der Waals surface area contributed by atoms with Gasteiger partial charge in [0.1, 0.15) is 65.0 Å². The maximum Gasteiger partial charge on any atom is 0.152 e. The number of benzene rings is 2. The summed E-state index contributed by atoms with van der Waals surface area (Å²) in [6.45, 7) is 3.78. The number of nitrogens with two attached hydrogens (primary N) is 3. The maximum atomic E-state index is 14.4. The highest BCUT2D eigenvalue weighted by Crippen LogP contribution is 2.42. The standard InChI is InChI=1S/C26H19FN8.C21H17FN4.C5H3ClN4/c1-15(34-26-18(13-28)25(29)32-14-33-26)24-23(21-7-3-5-11-31-21)22(20-6-2-4-10-30-20)17-12-16(27)8-9-19(17)35-24;1-13(23)21-20(18-7-3-5-11-25-18)19(17-6-2-4-10-24-17)15-12-14(22)8-9-16(15)26-21;6-4-3(1-7)5(8)10-2-9-4/h2-12,14-15H,1H3,(H3,29,32,33,34);2-13H,23H2,1H3;2H,(H2,8,9,10). The van der Waals surface area contributed by atoms with Crippen LogP contribution in [0.4, 0.5) is 26.2 Å². The minimum atomic E-state index is -0.440. The lowest BCUT2D eigenvalue weighted by Gasteiger charge is -2.22. The van der Waals surface area contributed by atoms with Gasteiger partial charge in [0.15, 0.2) is 5.15 Å². The van der Waals surface area contributed by atoms with Crippen molar-refractivity contribution in [2.45, 2.75) is 25.9 Å². The average molecular weight is 961 g/mol. The van der Waals surface area contributed by atoms with Crippen LogP contribution < -0.4 is 22.5 Å². The van der Waals surface area contributed by atoms with E-state index in [0.29, 0.717) is 61.5 Å². The van der Waals surface area contributed by atoms with Crippen LogP contribution in [0.1, 0.15) is 48.4 Å². The van der Waals surface area contributed by atoms with Crippen molar-refractivity contribution in [3.05, 3.63) is 186 Å². The van der Waals surface area contributed by atoms with Crippen molar-refractivity contribution in [2.75, 3.05) is 16.8 Å². The van der Waals surface area contributed by atoms with E-state index in [4.69, 9.17) is 44.0 Å². The van der Waals surface area contributed by atoms with Crippen LogP contribution in [0.25, 0.3) is 66.8 Å². The van der Waals surface area contributed by atoms with E-state index in [-0.39, 0.29) is 45.6 Å². The van der Waals surface area contributed by atoms with Crippen molar-refractivity contribution < 1.29 is 8.78 Å². The zero-order valence-corrected chi connectivity index (χ0v) is 38.5. The number of anilines is 3. The van der Waals surface area contributed by atoms with E-state index in [1.165, 1.54) is 36.9 Å². The van der Waals surface area contributed by atoms with E-state index >= 15 is 0 Å². The Morgan fingerprint density at radius 2 is 0.958 bits per heavy atom. The molecule has 8 aromatic heterocycles. The van der Waals surface area contributed by atoms with Crippen molar-refractivity contribution in [1.82, 2.24) is 49.8 Å². The van der Waals surface area contributed by atoms with Crippen LogP contribution in [-0.4, -0.2) is 49.8 Å². The number of aromatic nitrogens is 10. The summed E-state index contributed by atoms with van der Waals surface area (Å²) in [5.41, 5.74) is 26.0. The van der Waals surface area contributed by atoms with Crippen LogP contribution in [0.15, 0.2) is 147 Å². The fourth-order valence-corrected chi connectivity index (χ4v) is 7.80. The first-order valence-electron chi connectivity index (χ1n) is 21.6. The maximum absolute atomic E-state index is 14.4. The molecule has 0 saturated heterocycles. The molecule has 10 aromatic rings. The van der Waals surface area contributed by atoms with Gasteiger partial charge in [-0.15, -0.1) is 0 Å². The van der Waals surface area contributed by atoms with Gasteiger partial charge >= 0.3 is 0 Å². The van der Waals surface area contributed by atoms with Gasteiger partial charge in [0.2, 0.25) is 0 Å². The Bertz CT molecular complexity index is 3580. The number of nitriles is 2. The van der Waals surface area contributed by atoms with E-state index in [1.54, 1.807) is 43.0 Å². The Morgan fingerprint density at radius 1 is 0.535 bits per heavy atom. The topological polar surface area (TPSA) is 267 Å². The number of halogens is 3. The highest BCUT2D eigenvalue weighted by atomic mass is 35.5. The fourth-order valence-electron chi connectivity index (χ4n) is 7.62. The third-order valence-electron chi connectivity index (χ3n) is 10.8. The molecule has 348 valence electrons.